The maximum Gasteiger partial charge on any atom is 0.416 e. The van der Waals surface area contributed by atoms with Gasteiger partial charge in [0.1, 0.15) is 12.4 Å². The number of alkyl halides is 3. The molecule has 202 valence electrons. The molecule has 0 radical (unpaired) electrons. The number of halogens is 6. The predicted octanol–water partition coefficient (Wildman–Crippen LogP) is 8.14. The highest BCUT2D eigenvalue weighted by atomic mass is 35.5. The summed E-state index contributed by atoms with van der Waals surface area (Å²) in [5.74, 6) is 0.0387. The molecule has 2 N–H and O–H groups in total. The number of thiazole rings is 1. The first-order valence-electron chi connectivity index (χ1n) is 11.1. The average Bonchev–Trinajstić information content (AvgIpc) is 3.31. The van der Waals surface area contributed by atoms with Gasteiger partial charge in [-0.05, 0) is 59.7 Å². The number of anilines is 2. The summed E-state index contributed by atoms with van der Waals surface area (Å²) in [7, 11) is 0. The van der Waals surface area contributed by atoms with Crippen LogP contribution in [-0.4, -0.2) is 17.1 Å². The average molecular weight is 614 g/mol. The standard InChI is InChI=1S/C26H18Cl3F3N4O2S/c27-20-6-4-16(9-21(20)28)13-38-23-7-5-15(8-22(23)29)12-33-36-24(37)11-19-14-39-25(35-19)34-18-3-1-2-17(10-18)26(30,31)32/h1-10,12,14H,11,13H2,(H,34,35)(H,36,37)/b33-12-. The highest BCUT2D eigenvalue weighted by Crippen LogP contribution is 2.32. The van der Waals surface area contributed by atoms with Crippen molar-refractivity contribution in [2.24, 2.45) is 5.10 Å². The summed E-state index contributed by atoms with van der Waals surface area (Å²) in [4.78, 5) is 16.5. The summed E-state index contributed by atoms with van der Waals surface area (Å²) in [6.07, 6.45) is -3.09. The summed E-state index contributed by atoms with van der Waals surface area (Å²) in [6.45, 7) is 0.244. The number of rotatable bonds is 9. The Morgan fingerprint density at radius 2 is 1.85 bits per heavy atom. The van der Waals surface area contributed by atoms with Gasteiger partial charge in [0, 0.05) is 11.1 Å². The zero-order valence-corrected chi connectivity index (χ0v) is 22.8. The van der Waals surface area contributed by atoms with Crippen LogP contribution < -0.4 is 15.5 Å². The summed E-state index contributed by atoms with van der Waals surface area (Å²) in [6, 6.07) is 15.0. The number of aromatic nitrogens is 1. The smallest absolute Gasteiger partial charge is 0.416 e. The molecule has 4 rings (SSSR count). The lowest BCUT2D eigenvalue weighted by Crippen LogP contribution is -2.19. The van der Waals surface area contributed by atoms with E-state index in [-0.39, 0.29) is 18.7 Å². The topological polar surface area (TPSA) is 75.6 Å². The van der Waals surface area contributed by atoms with E-state index in [2.05, 4.69) is 20.8 Å². The van der Waals surface area contributed by atoms with E-state index in [1.165, 1.54) is 29.7 Å². The van der Waals surface area contributed by atoms with Crippen LogP contribution in [-0.2, 0) is 24.0 Å². The monoisotopic (exact) mass is 612 g/mol. The maximum atomic E-state index is 12.9. The Morgan fingerprint density at radius 1 is 1.03 bits per heavy atom. The van der Waals surface area contributed by atoms with Crippen molar-refractivity contribution in [3.63, 3.8) is 0 Å². The van der Waals surface area contributed by atoms with Crippen LogP contribution in [0, 0.1) is 0 Å². The van der Waals surface area contributed by atoms with E-state index in [1.807, 2.05) is 0 Å². The second-order valence-corrected chi connectivity index (χ2v) is 10.1. The van der Waals surface area contributed by atoms with Crippen molar-refractivity contribution >= 4 is 69.1 Å². The predicted molar refractivity (Wildman–Crippen MR) is 149 cm³/mol. The summed E-state index contributed by atoms with van der Waals surface area (Å²) < 4.78 is 44.4. The minimum absolute atomic E-state index is 0.0691. The Labute approximate surface area is 240 Å². The second-order valence-electron chi connectivity index (χ2n) is 8.04. The molecule has 3 aromatic carbocycles. The molecule has 6 nitrogen and oxygen atoms in total. The summed E-state index contributed by atoms with van der Waals surface area (Å²) >= 11 is 19.4. The van der Waals surface area contributed by atoms with Crippen molar-refractivity contribution in [1.82, 2.24) is 10.4 Å². The van der Waals surface area contributed by atoms with Crippen LogP contribution in [0.25, 0.3) is 0 Å². The normalized spacial score (nSPS) is 11.5. The van der Waals surface area contributed by atoms with E-state index >= 15 is 0 Å². The number of hydrogen-bond donors (Lipinski definition) is 2. The number of hydrogen-bond acceptors (Lipinski definition) is 6. The number of nitrogens with one attached hydrogen (secondary N) is 2. The first-order valence-corrected chi connectivity index (χ1v) is 13.1. The van der Waals surface area contributed by atoms with Gasteiger partial charge in [-0.2, -0.15) is 18.3 Å². The summed E-state index contributed by atoms with van der Waals surface area (Å²) in [5, 5.41) is 9.98. The van der Waals surface area contributed by atoms with Crippen LogP contribution in [0.3, 0.4) is 0 Å². The quantitative estimate of drug-likeness (QED) is 0.148. The molecule has 0 aliphatic rings. The van der Waals surface area contributed by atoms with Gasteiger partial charge < -0.3 is 10.1 Å². The second kappa shape index (κ2) is 12.7. The Kier molecular flexibility index (Phi) is 9.34. The molecule has 0 spiro atoms. The molecule has 1 amide bonds. The molecule has 0 atom stereocenters. The van der Waals surface area contributed by atoms with Gasteiger partial charge in [0.25, 0.3) is 0 Å². The number of benzene rings is 3. The van der Waals surface area contributed by atoms with Crippen molar-refractivity contribution in [2.75, 3.05) is 5.32 Å². The first-order chi connectivity index (χ1) is 18.6. The lowest BCUT2D eigenvalue weighted by atomic mass is 10.2. The third kappa shape index (κ3) is 8.34. The zero-order chi connectivity index (χ0) is 28.0. The van der Waals surface area contributed by atoms with Gasteiger partial charge in [0.15, 0.2) is 5.13 Å². The van der Waals surface area contributed by atoms with E-state index in [9.17, 15) is 18.0 Å². The molecule has 0 fully saturated rings. The Morgan fingerprint density at radius 3 is 2.59 bits per heavy atom. The molecule has 0 unspecified atom stereocenters. The van der Waals surface area contributed by atoms with Crippen LogP contribution in [0.4, 0.5) is 24.0 Å². The van der Waals surface area contributed by atoms with Gasteiger partial charge in [-0.3, -0.25) is 4.79 Å². The largest absolute Gasteiger partial charge is 0.487 e. The molecule has 4 aromatic rings. The van der Waals surface area contributed by atoms with E-state index < -0.39 is 17.6 Å². The van der Waals surface area contributed by atoms with Crippen molar-refractivity contribution in [2.45, 2.75) is 19.2 Å². The Bertz CT molecular complexity index is 1510. The van der Waals surface area contributed by atoms with Crippen LogP contribution in [0.1, 0.15) is 22.4 Å². The zero-order valence-electron chi connectivity index (χ0n) is 19.7. The molecule has 0 saturated heterocycles. The highest BCUT2D eigenvalue weighted by molar-refractivity contribution is 7.13. The number of hydrazone groups is 1. The molecule has 1 aromatic heterocycles. The molecular formula is C26H18Cl3F3N4O2S. The molecule has 0 aliphatic heterocycles. The van der Waals surface area contributed by atoms with Crippen LogP contribution >= 0.6 is 46.1 Å². The van der Waals surface area contributed by atoms with Crippen LogP contribution in [0.5, 0.6) is 5.75 Å². The summed E-state index contributed by atoms with van der Waals surface area (Å²) in [5.41, 5.74) is 3.77. The van der Waals surface area contributed by atoms with E-state index in [4.69, 9.17) is 39.5 Å². The minimum Gasteiger partial charge on any atom is -0.487 e. The molecule has 13 heteroatoms. The van der Waals surface area contributed by atoms with Crippen molar-refractivity contribution in [3.05, 3.63) is 103 Å². The number of carbonyl (C=O) groups is 1. The molecule has 0 aliphatic carbocycles. The SMILES string of the molecule is O=C(Cc1csc(Nc2cccc(C(F)(F)F)c2)n1)N/N=C\c1ccc(OCc2ccc(Cl)c(Cl)c2)c(Cl)c1. The van der Waals surface area contributed by atoms with Gasteiger partial charge in [0.05, 0.1) is 39.0 Å². The van der Waals surface area contributed by atoms with Crippen molar-refractivity contribution < 1.29 is 22.7 Å². The van der Waals surface area contributed by atoms with Gasteiger partial charge in [-0.25, -0.2) is 10.4 Å². The van der Waals surface area contributed by atoms with Crippen molar-refractivity contribution in [3.8, 4) is 5.75 Å². The van der Waals surface area contributed by atoms with E-state index in [0.717, 1.165) is 17.7 Å². The van der Waals surface area contributed by atoms with Gasteiger partial charge in [-0.1, -0.05) is 46.9 Å². The third-order valence-corrected chi connectivity index (χ3v) is 6.91. The minimum atomic E-state index is -4.45. The van der Waals surface area contributed by atoms with E-state index in [1.54, 1.807) is 41.8 Å². The third-order valence-electron chi connectivity index (χ3n) is 5.07. The van der Waals surface area contributed by atoms with E-state index in [0.29, 0.717) is 37.2 Å². The molecule has 1 heterocycles. The fourth-order valence-corrected chi connectivity index (χ4v) is 4.52. The molecule has 39 heavy (non-hydrogen) atoms. The fourth-order valence-electron chi connectivity index (χ4n) is 3.23. The number of ether oxygens (including phenoxy) is 1. The van der Waals surface area contributed by atoms with Crippen LogP contribution in [0.15, 0.2) is 71.1 Å². The lowest BCUT2D eigenvalue weighted by molar-refractivity contribution is -0.137. The Hall–Kier alpha value is -3.31. The maximum absolute atomic E-state index is 12.9. The van der Waals surface area contributed by atoms with Crippen molar-refractivity contribution in [1.29, 1.82) is 0 Å². The fraction of sp³-hybridized carbons (Fsp3) is 0.115. The Balaban J connectivity index is 1.27. The number of carbonyl (C=O) groups excluding carboxylic acids is 1. The molecule has 0 saturated carbocycles. The molecule has 0 bridgehead atoms. The van der Waals surface area contributed by atoms with Crippen LogP contribution in [0.2, 0.25) is 15.1 Å². The number of amides is 1. The van der Waals surface area contributed by atoms with Gasteiger partial charge in [-0.15, -0.1) is 11.3 Å². The lowest BCUT2D eigenvalue weighted by Gasteiger charge is -2.09. The van der Waals surface area contributed by atoms with Gasteiger partial charge >= 0.3 is 6.18 Å². The first kappa shape index (κ1) is 28.7. The number of nitrogens with zero attached hydrogens (tertiary/aromatic N) is 2. The molecular weight excluding hydrogens is 596 g/mol. The van der Waals surface area contributed by atoms with Gasteiger partial charge in [0.2, 0.25) is 5.91 Å². The highest BCUT2D eigenvalue weighted by Gasteiger charge is 2.30.